The van der Waals surface area contributed by atoms with Crippen molar-refractivity contribution in [2.45, 2.75) is 4.90 Å². The van der Waals surface area contributed by atoms with E-state index in [9.17, 15) is 9.59 Å². The minimum Gasteiger partial charge on any atom is -0.478 e. The molecule has 2 aromatic rings. The van der Waals surface area contributed by atoms with E-state index >= 15 is 0 Å². The first-order chi connectivity index (χ1) is 10.0. The van der Waals surface area contributed by atoms with Crippen molar-refractivity contribution in [1.29, 1.82) is 0 Å². The maximum Gasteiger partial charge on any atom is 0.335 e. The summed E-state index contributed by atoms with van der Waals surface area (Å²) in [6.07, 6.45) is 0. The predicted molar refractivity (Wildman–Crippen MR) is 86.9 cm³/mol. The number of hydrogen-bond acceptors (Lipinski definition) is 3. The van der Waals surface area contributed by atoms with E-state index in [0.29, 0.717) is 0 Å². The number of halogens is 1. The highest BCUT2D eigenvalue weighted by molar-refractivity contribution is 9.10. The van der Waals surface area contributed by atoms with Crippen LogP contribution in [0, 0.1) is 0 Å². The van der Waals surface area contributed by atoms with Gasteiger partial charge in [-0.25, -0.2) is 4.79 Å². The molecule has 0 saturated carbocycles. The zero-order valence-corrected chi connectivity index (χ0v) is 13.3. The molecular formula is C15H12BrNO3S. The van der Waals surface area contributed by atoms with Crippen molar-refractivity contribution in [2.24, 2.45) is 0 Å². The summed E-state index contributed by atoms with van der Waals surface area (Å²) in [6, 6.07) is 13.8. The zero-order valence-electron chi connectivity index (χ0n) is 10.9. The van der Waals surface area contributed by atoms with E-state index in [1.165, 1.54) is 23.9 Å². The lowest BCUT2D eigenvalue weighted by Crippen LogP contribution is -2.13. The molecule has 0 atom stereocenters. The molecule has 0 aromatic heterocycles. The van der Waals surface area contributed by atoms with Gasteiger partial charge in [0, 0.05) is 15.1 Å². The van der Waals surface area contributed by atoms with Crippen molar-refractivity contribution in [3.05, 3.63) is 58.6 Å². The van der Waals surface area contributed by atoms with Crippen LogP contribution in [0.5, 0.6) is 0 Å². The number of thioether (sulfide) groups is 1. The van der Waals surface area contributed by atoms with E-state index in [0.717, 1.165) is 15.1 Å². The molecule has 0 heterocycles. The van der Waals surface area contributed by atoms with Gasteiger partial charge in [-0.05, 0) is 42.5 Å². The fourth-order valence-corrected chi connectivity index (χ4v) is 2.70. The first-order valence-corrected chi connectivity index (χ1v) is 7.84. The highest BCUT2D eigenvalue weighted by Gasteiger charge is 2.06. The third kappa shape index (κ3) is 4.91. The van der Waals surface area contributed by atoms with Crippen LogP contribution >= 0.6 is 27.7 Å². The molecule has 0 spiro atoms. The lowest BCUT2D eigenvalue weighted by molar-refractivity contribution is -0.113. The van der Waals surface area contributed by atoms with Crippen molar-refractivity contribution in [3.8, 4) is 0 Å². The second-order valence-electron chi connectivity index (χ2n) is 4.18. The number of carboxylic acids is 1. The molecule has 6 heteroatoms. The summed E-state index contributed by atoms with van der Waals surface area (Å²) in [5.74, 6) is -0.807. The minimum atomic E-state index is -0.959. The van der Waals surface area contributed by atoms with E-state index in [2.05, 4.69) is 21.2 Å². The van der Waals surface area contributed by atoms with Gasteiger partial charge in [0.15, 0.2) is 0 Å². The Bertz CT molecular complexity index is 658. The standard InChI is InChI=1S/C15H12BrNO3S/c16-11-2-1-3-12(8-11)17-14(18)9-21-13-6-4-10(5-7-13)15(19)20/h1-8H,9H2,(H,17,18)(H,19,20). The van der Waals surface area contributed by atoms with E-state index in [4.69, 9.17) is 5.11 Å². The van der Waals surface area contributed by atoms with Crippen molar-refractivity contribution in [1.82, 2.24) is 0 Å². The Morgan fingerprint density at radius 1 is 1.14 bits per heavy atom. The first-order valence-electron chi connectivity index (χ1n) is 6.06. The largest absolute Gasteiger partial charge is 0.478 e. The summed E-state index contributed by atoms with van der Waals surface area (Å²) in [6.45, 7) is 0. The molecule has 2 rings (SSSR count). The maximum absolute atomic E-state index is 11.8. The highest BCUT2D eigenvalue weighted by atomic mass is 79.9. The number of rotatable bonds is 5. The number of carbonyl (C=O) groups is 2. The number of aromatic carboxylic acids is 1. The summed E-state index contributed by atoms with van der Waals surface area (Å²) in [5.41, 5.74) is 0.967. The fraction of sp³-hybridized carbons (Fsp3) is 0.0667. The van der Waals surface area contributed by atoms with Crippen LogP contribution in [-0.4, -0.2) is 22.7 Å². The van der Waals surface area contributed by atoms with Gasteiger partial charge < -0.3 is 10.4 Å². The average molecular weight is 366 g/mol. The van der Waals surface area contributed by atoms with Crippen LogP contribution in [0.25, 0.3) is 0 Å². The SMILES string of the molecule is O=C(CSc1ccc(C(=O)O)cc1)Nc1cccc(Br)c1. The highest BCUT2D eigenvalue weighted by Crippen LogP contribution is 2.20. The Hall–Kier alpha value is -1.79. The van der Waals surface area contributed by atoms with Crippen LogP contribution in [0.15, 0.2) is 57.9 Å². The van der Waals surface area contributed by atoms with E-state index in [1.54, 1.807) is 12.1 Å². The number of carbonyl (C=O) groups excluding carboxylic acids is 1. The van der Waals surface area contributed by atoms with Gasteiger partial charge in [-0.15, -0.1) is 11.8 Å². The second-order valence-corrected chi connectivity index (χ2v) is 6.14. The Morgan fingerprint density at radius 2 is 1.86 bits per heavy atom. The van der Waals surface area contributed by atoms with E-state index in [1.807, 2.05) is 24.3 Å². The molecule has 0 aliphatic carbocycles. The number of hydrogen-bond donors (Lipinski definition) is 2. The summed E-state index contributed by atoms with van der Waals surface area (Å²) in [7, 11) is 0. The van der Waals surface area contributed by atoms with Gasteiger partial charge in [0.05, 0.1) is 11.3 Å². The van der Waals surface area contributed by atoms with Crippen LogP contribution in [0.2, 0.25) is 0 Å². The van der Waals surface area contributed by atoms with Crippen molar-refractivity contribution in [2.75, 3.05) is 11.1 Å². The van der Waals surface area contributed by atoms with Gasteiger partial charge in [-0.1, -0.05) is 22.0 Å². The Balaban J connectivity index is 1.87. The van der Waals surface area contributed by atoms with Crippen LogP contribution in [0.3, 0.4) is 0 Å². The fourth-order valence-electron chi connectivity index (χ4n) is 1.61. The molecule has 0 saturated heterocycles. The Kier molecular flexibility index (Phi) is 5.41. The second kappa shape index (κ2) is 7.28. The summed E-state index contributed by atoms with van der Waals surface area (Å²) in [4.78, 5) is 23.4. The molecule has 4 nitrogen and oxygen atoms in total. The third-order valence-electron chi connectivity index (χ3n) is 2.58. The normalized spacial score (nSPS) is 10.1. The summed E-state index contributed by atoms with van der Waals surface area (Å²) in [5, 5.41) is 11.6. The van der Waals surface area contributed by atoms with E-state index in [-0.39, 0.29) is 17.2 Å². The van der Waals surface area contributed by atoms with Gasteiger partial charge in [-0.2, -0.15) is 0 Å². The number of amides is 1. The Morgan fingerprint density at radius 3 is 2.48 bits per heavy atom. The Labute approximate surface area is 134 Å². The predicted octanol–water partition coefficient (Wildman–Crippen LogP) is 3.88. The van der Waals surface area contributed by atoms with Gasteiger partial charge in [0.2, 0.25) is 5.91 Å². The van der Waals surface area contributed by atoms with Crippen molar-refractivity contribution >= 4 is 45.3 Å². The maximum atomic E-state index is 11.8. The number of benzene rings is 2. The molecule has 1 amide bonds. The van der Waals surface area contributed by atoms with Crippen LogP contribution in [-0.2, 0) is 4.79 Å². The molecule has 0 bridgehead atoms. The van der Waals surface area contributed by atoms with E-state index < -0.39 is 5.97 Å². The molecular weight excluding hydrogens is 354 g/mol. The average Bonchev–Trinajstić information content (AvgIpc) is 2.45. The minimum absolute atomic E-state index is 0.111. The van der Waals surface area contributed by atoms with Crippen LogP contribution in [0.1, 0.15) is 10.4 Å². The van der Waals surface area contributed by atoms with Gasteiger partial charge in [0.1, 0.15) is 0 Å². The lowest BCUT2D eigenvalue weighted by Gasteiger charge is -2.05. The topological polar surface area (TPSA) is 66.4 Å². The molecule has 0 fully saturated rings. The zero-order chi connectivity index (χ0) is 15.2. The smallest absolute Gasteiger partial charge is 0.335 e. The van der Waals surface area contributed by atoms with Gasteiger partial charge in [0.25, 0.3) is 0 Å². The van der Waals surface area contributed by atoms with Gasteiger partial charge >= 0.3 is 5.97 Å². The molecule has 0 aliphatic rings. The lowest BCUT2D eigenvalue weighted by atomic mass is 10.2. The van der Waals surface area contributed by atoms with Crippen molar-refractivity contribution < 1.29 is 14.7 Å². The summed E-state index contributed by atoms with van der Waals surface area (Å²) >= 11 is 4.70. The molecule has 2 N–H and O–H groups in total. The number of carboxylic acid groups (broad SMARTS) is 1. The molecule has 108 valence electrons. The summed E-state index contributed by atoms with van der Waals surface area (Å²) < 4.78 is 0.900. The number of anilines is 1. The molecule has 0 radical (unpaired) electrons. The van der Waals surface area contributed by atoms with Gasteiger partial charge in [-0.3, -0.25) is 4.79 Å². The molecule has 2 aromatic carbocycles. The molecule has 21 heavy (non-hydrogen) atoms. The monoisotopic (exact) mass is 365 g/mol. The quantitative estimate of drug-likeness (QED) is 0.789. The van der Waals surface area contributed by atoms with Crippen molar-refractivity contribution in [3.63, 3.8) is 0 Å². The molecule has 0 aliphatic heterocycles. The molecule has 0 unspecified atom stereocenters. The third-order valence-corrected chi connectivity index (χ3v) is 4.08. The first kappa shape index (κ1) is 15.6. The van der Waals surface area contributed by atoms with Crippen LogP contribution < -0.4 is 5.32 Å². The van der Waals surface area contributed by atoms with Crippen LogP contribution in [0.4, 0.5) is 5.69 Å². The number of nitrogens with one attached hydrogen (secondary N) is 1.